The second-order valence-electron chi connectivity index (χ2n) is 14.9. The van der Waals surface area contributed by atoms with Crippen molar-refractivity contribution in [3.05, 3.63) is 0 Å². The SMILES string of the molecule is COC1(OC)CC[C@@]23[C@@H](Cl)[C@@]24CC[C@]2(C)[C@@H](O[Si](C)(C)C(C)(C)C)CC[C@H]2[C@@H]4C[C@H]2C(Cl)(Cl)[C@]23C1. The molecule has 200 valence electrons. The highest BCUT2D eigenvalue weighted by molar-refractivity contribution is 6.74. The summed E-state index contributed by atoms with van der Waals surface area (Å²) in [5.41, 5.74) is 0.193. The van der Waals surface area contributed by atoms with Crippen molar-refractivity contribution in [2.75, 3.05) is 14.2 Å². The van der Waals surface area contributed by atoms with E-state index < -0.39 is 18.4 Å². The van der Waals surface area contributed by atoms with E-state index >= 15 is 0 Å². The van der Waals surface area contributed by atoms with Crippen molar-refractivity contribution in [1.29, 1.82) is 0 Å². The fraction of sp³-hybridized carbons (Fsp3) is 1.00. The van der Waals surface area contributed by atoms with E-state index in [0.29, 0.717) is 17.9 Å². The minimum atomic E-state index is -1.84. The maximum Gasteiger partial charge on any atom is 0.192 e. The van der Waals surface area contributed by atoms with Gasteiger partial charge in [-0.3, -0.25) is 0 Å². The lowest BCUT2D eigenvalue weighted by Gasteiger charge is -2.56. The van der Waals surface area contributed by atoms with Gasteiger partial charge in [0.1, 0.15) is 4.33 Å². The van der Waals surface area contributed by atoms with Gasteiger partial charge in [0.15, 0.2) is 14.1 Å². The highest BCUT2D eigenvalue weighted by Gasteiger charge is 3.00. The Kier molecular flexibility index (Phi) is 5.37. The van der Waals surface area contributed by atoms with Gasteiger partial charge in [0.2, 0.25) is 0 Å². The molecule has 6 saturated carbocycles. The van der Waals surface area contributed by atoms with Gasteiger partial charge in [-0.05, 0) is 79.3 Å². The van der Waals surface area contributed by atoms with Crippen LogP contribution in [0.25, 0.3) is 0 Å². The first kappa shape index (κ1) is 26.2. The molecule has 6 aliphatic carbocycles. The first-order valence-corrected chi connectivity index (χ1v) is 18.0. The quantitative estimate of drug-likeness (QED) is 0.196. The van der Waals surface area contributed by atoms with Gasteiger partial charge in [-0.1, -0.05) is 27.7 Å². The molecule has 0 unspecified atom stereocenters. The van der Waals surface area contributed by atoms with Gasteiger partial charge < -0.3 is 13.9 Å². The first-order valence-electron chi connectivity index (χ1n) is 13.9. The van der Waals surface area contributed by atoms with Crippen molar-refractivity contribution in [1.82, 2.24) is 0 Å². The van der Waals surface area contributed by atoms with E-state index in [1.807, 2.05) is 0 Å². The van der Waals surface area contributed by atoms with Crippen LogP contribution in [0.4, 0.5) is 0 Å². The van der Waals surface area contributed by atoms with Gasteiger partial charge in [0, 0.05) is 49.2 Å². The van der Waals surface area contributed by atoms with E-state index in [2.05, 4.69) is 40.8 Å². The van der Waals surface area contributed by atoms with E-state index in [0.717, 1.165) is 25.7 Å². The molecule has 9 atom stereocenters. The zero-order valence-electron chi connectivity index (χ0n) is 22.9. The summed E-state index contributed by atoms with van der Waals surface area (Å²) in [6, 6.07) is 0. The number of alkyl halides is 3. The molecule has 0 aliphatic heterocycles. The van der Waals surface area contributed by atoms with E-state index in [4.69, 9.17) is 48.7 Å². The molecule has 0 saturated heterocycles. The van der Waals surface area contributed by atoms with E-state index in [1.54, 1.807) is 14.2 Å². The molecule has 3 nitrogen and oxygen atoms in total. The molecule has 0 radical (unpaired) electrons. The van der Waals surface area contributed by atoms with E-state index in [-0.39, 0.29) is 38.0 Å². The van der Waals surface area contributed by atoms with Gasteiger partial charge in [0.05, 0.1) is 6.10 Å². The van der Waals surface area contributed by atoms with Crippen LogP contribution in [0.1, 0.15) is 79.1 Å². The summed E-state index contributed by atoms with van der Waals surface area (Å²) >= 11 is 22.1. The Labute approximate surface area is 228 Å². The minimum absolute atomic E-state index is 0.0128. The minimum Gasteiger partial charge on any atom is -0.413 e. The standard InChI is InChI=1S/C28H45Cl3O3Si/c1-22(2,3)35(7,8)34-20-10-9-17-18-15-19-27(28(19,30)31)16-24(32-5,33-6)12-14-26(27)21(29)25(18,26)13-11-23(17,20)4/h17-21H,9-16H2,1-8H3/t17-,18-,19+,20-,21-,23-,25-,26+,27+/m0/s1. The van der Waals surface area contributed by atoms with Gasteiger partial charge in [-0.2, -0.15) is 0 Å². The molecule has 6 rings (SSSR count). The highest BCUT2D eigenvalue weighted by atomic mass is 35.5. The molecule has 0 N–H and O–H groups in total. The van der Waals surface area contributed by atoms with Crippen LogP contribution in [-0.2, 0) is 13.9 Å². The number of ether oxygens (including phenoxy) is 2. The van der Waals surface area contributed by atoms with Crippen LogP contribution in [0.15, 0.2) is 0 Å². The van der Waals surface area contributed by atoms with Gasteiger partial charge in [0.25, 0.3) is 0 Å². The second-order valence-corrected chi connectivity index (χ2v) is 21.5. The molecule has 6 fully saturated rings. The Balaban J connectivity index is 1.35. The molecule has 7 heteroatoms. The largest absolute Gasteiger partial charge is 0.413 e. The summed E-state index contributed by atoms with van der Waals surface area (Å²) in [6.07, 6.45) is 8.91. The smallest absolute Gasteiger partial charge is 0.192 e. The summed E-state index contributed by atoms with van der Waals surface area (Å²) in [5.74, 6) is 0.909. The topological polar surface area (TPSA) is 27.7 Å². The summed E-state index contributed by atoms with van der Waals surface area (Å²) < 4.78 is 18.4. The Morgan fingerprint density at radius 2 is 1.54 bits per heavy atom. The Morgan fingerprint density at radius 3 is 2.14 bits per heavy atom. The van der Waals surface area contributed by atoms with Gasteiger partial charge in [-0.15, -0.1) is 34.8 Å². The van der Waals surface area contributed by atoms with Crippen molar-refractivity contribution in [2.45, 2.75) is 119 Å². The number of hydrogen-bond donors (Lipinski definition) is 0. The average Bonchev–Trinajstić information content (AvgIpc) is 3.40. The first-order chi connectivity index (χ1) is 16.1. The van der Waals surface area contributed by atoms with Crippen LogP contribution < -0.4 is 0 Å². The lowest BCUT2D eigenvalue weighted by atomic mass is 9.50. The number of hydrogen-bond acceptors (Lipinski definition) is 3. The molecule has 0 amide bonds. The molecule has 0 aromatic rings. The van der Waals surface area contributed by atoms with Crippen molar-refractivity contribution >= 4 is 43.1 Å². The lowest BCUT2D eigenvalue weighted by molar-refractivity contribution is -0.253. The van der Waals surface area contributed by atoms with E-state index in [9.17, 15) is 0 Å². The second kappa shape index (κ2) is 7.18. The van der Waals surface area contributed by atoms with E-state index in [1.165, 1.54) is 25.7 Å². The fourth-order valence-corrected chi connectivity index (χ4v) is 14.0. The third kappa shape index (κ3) is 2.69. The van der Waals surface area contributed by atoms with Crippen LogP contribution in [0.5, 0.6) is 0 Å². The Bertz CT molecular complexity index is 931. The molecule has 0 bridgehead atoms. The molecule has 0 aromatic carbocycles. The maximum absolute atomic E-state index is 7.52. The zero-order valence-corrected chi connectivity index (χ0v) is 26.2. The predicted octanol–water partition coefficient (Wildman–Crippen LogP) is 8.16. The highest BCUT2D eigenvalue weighted by Crippen LogP contribution is 3.00. The molecule has 0 heterocycles. The number of fused-ring (bicyclic) bond motifs is 2. The summed E-state index contributed by atoms with van der Waals surface area (Å²) in [7, 11) is 1.69. The molecular weight excluding hydrogens is 519 g/mol. The normalized spacial score (nSPS) is 53.1. The van der Waals surface area contributed by atoms with Crippen LogP contribution in [0.2, 0.25) is 18.1 Å². The number of methoxy groups -OCH3 is 2. The molecule has 0 aromatic heterocycles. The fourth-order valence-electron chi connectivity index (χ4n) is 10.5. The molecule has 6 aliphatic rings. The number of halogens is 3. The molecule has 35 heavy (non-hydrogen) atoms. The lowest BCUT2D eigenvalue weighted by Crippen LogP contribution is -2.55. The monoisotopic (exact) mass is 562 g/mol. The summed E-state index contributed by atoms with van der Waals surface area (Å²) in [5, 5.41) is 0.382. The maximum atomic E-state index is 7.52. The van der Waals surface area contributed by atoms with Crippen molar-refractivity contribution < 1.29 is 13.9 Å². The predicted molar refractivity (Wildman–Crippen MR) is 146 cm³/mol. The zero-order chi connectivity index (χ0) is 25.7. The average molecular weight is 564 g/mol. The van der Waals surface area contributed by atoms with Crippen LogP contribution in [0, 0.1) is 39.4 Å². The summed E-state index contributed by atoms with van der Waals surface area (Å²) in [4.78, 5) is 0. The Morgan fingerprint density at radius 1 is 0.886 bits per heavy atom. The third-order valence-electron chi connectivity index (χ3n) is 13.4. The number of rotatable bonds is 4. The van der Waals surface area contributed by atoms with Gasteiger partial charge in [-0.25, -0.2) is 0 Å². The van der Waals surface area contributed by atoms with Crippen LogP contribution >= 0.6 is 34.8 Å². The van der Waals surface area contributed by atoms with Crippen molar-refractivity contribution in [2.24, 2.45) is 39.4 Å². The van der Waals surface area contributed by atoms with Crippen molar-refractivity contribution in [3.63, 3.8) is 0 Å². The van der Waals surface area contributed by atoms with Crippen LogP contribution in [-0.4, -0.2) is 44.1 Å². The van der Waals surface area contributed by atoms with Crippen LogP contribution in [0.3, 0.4) is 0 Å². The molecular formula is C28H45Cl3O3Si. The molecule has 3 spiro atoms. The summed E-state index contributed by atoms with van der Waals surface area (Å²) in [6.45, 7) is 14.4. The van der Waals surface area contributed by atoms with Crippen molar-refractivity contribution in [3.8, 4) is 0 Å². The Hall–Kier alpha value is 0.967. The third-order valence-corrected chi connectivity index (χ3v) is 19.9. The van der Waals surface area contributed by atoms with Gasteiger partial charge >= 0.3 is 0 Å².